The summed E-state index contributed by atoms with van der Waals surface area (Å²) in [6.45, 7) is 0.00259. The van der Waals surface area contributed by atoms with Crippen LogP contribution in [0.25, 0.3) is 10.6 Å². The van der Waals surface area contributed by atoms with Crippen LogP contribution >= 0.6 is 22.9 Å². The van der Waals surface area contributed by atoms with E-state index < -0.39 is 0 Å². The molecule has 14 heavy (non-hydrogen) atoms. The average molecular weight is 229 g/mol. The predicted molar refractivity (Wildman–Crippen MR) is 57.5 cm³/mol. The summed E-state index contributed by atoms with van der Waals surface area (Å²) in [5.74, 6) is 0. The van der Waals surface area contributed by atoms with Crippen LogP contribution in [0.4, 0.5) is 0 Å². The van der Waals surface area contributed by atoms with Gasteiger partial charge in [-0.15, -0.1) is 11.3 Å². The molecule has 0 aliphatic carbocycles. The standard InChI is InChI=1S/C9H9ClN2OS/c1-12-6(5-13)4-7(11-12)8-2-3-9(10)14-8/h2-4,13H,5H2,1H3. The Bertz CT molecular complexity index is 449. The molecule has 2 aromatic rings. The van der Waals surface area contributed by atoms with E-state index in [9.17, 15) is 0 Å². The maximum absolute atomic E-state index is 9.00. The van der Waals surface area contributed by atoms with Crippen LogP contribution in [0.1, 0.15) is 5.69 Å². The highest BCUT2D eigenvalue weighted by Gasteiger charge is 2.08. The van der Waals surface area contributed by atoms with Crippen molar-refractivity contribution in [3.63, 3.8) is 0 Å². The van der Waals surface area contributed by atoms with E-state index in [1.54, 1.807) is 4.68 Å². The van der Waals surface area contributed by atoms with Crippen LogP contribution in [0.2, 0.25) is 4.34 Å². The van der Waals surface area contributed by atoms with Crippen molar-refractivity contribution in [3.05, 3.63) is 28.2 Å². The summed E-state index contributed by atoms with van der Waals surface area (Å²) < 4.78 is 2.42. The molecule has 0 aliphatic heterocycles. The van der Waals surface area contributed by atoms with Crippen LogP contribution in [0.5, 0.6) is 0 Å². The first-order valence-corrected chi connectivity index (χ1v) is 5.29. The average Bonchev–Trinajstić information content (AvgIpc) is 2.71. The van der Waals surface area contributed by atoms with Crippen molar-refractivity contribution >= 4 is 22.9 Å². The summed E-state index contributed by atoms with van der Waals surface area (Å²) in [5, 5.41) is 13.3. The number of aliphatic hydroxyl groups is 1. The zero-order valence-corrected chi connectivity index (χ0v) is 9.14. The molecule has 3 nitrogen and oxygen atoms in total. The summed E-state index contributed by atoms with van der Waals surface area (Å²) >= 11 is 7.31. The van der Waals surface area contributed by atoms with E-state index >= 15 is 0 Å². The molecule has 0 radical (unpaired) electrons. The molecule has 2 rings (SSSR count). The number of thiophene rings is 1. The SMILES string of the molecule is Cn1nc(-c2ccc(Cl)s2)cc1CO. The molecule has 1 N–H and O–H groups in total. The Hall–Kier alpha value is -0.840. The van der Waals surface area contributed by atoms with Crippen LogP contribution in [0.15, 0.2) is 18.2 Å². The molecule has 0 aromatic carbocycles. The van der Waals surface area contributed by atoms with E-state index in [1.807, 2.05) is 25.2 Å². The Morgan fingerprint density at radius 3 is 2.86 bits per heavy atom. The quantitative estimate of drug-likeness (QED) is 0.857. The molecule has 0 unspecified atom stereocenters. The molecular weight excluding hydrogens is 220 g/mol. The first-order valence-electron chi connectivity index (χ1n) is 4.10. The van der Waals surface area contributed by atoms with E-state index in [1.165, 1.54) is 11.3 Å². The van der Waals surface area contributed by atoms with Gasteiger partial charge in [-0.05, 0) is 18.2 Å². The molecule has 2 heterocycles. The molecule has 74 valence electrons. The second-order valence-electron chi connectivity index (χ2n) is 2.91. The zero-order chi connectivity index (χ0) is 10.1. The third kappa shape index (κ3) is 1.68. The lowest BCUT2D eigenvalue weighted by molar-refractivity contribution is 0.270. The molecule has 0 atom stereocenters. The van der Waals surface area contributed by atoms with Gasteiger partial charge < -0.3 is 5.11 Å². The summed E-state index contributed by atoms with van der Waals surface area (Å²) in [6, 6.07) is 5.63. The third-order valence-electron chi connectivity index (χ3n) is 1.96. The number of aliphatic hydroxyl groups excluding tert-OH is 1. The number of halogens is 1. The Labute approximate surface area is 90.6 Å². The van der Waals surface area contributed by atoms with Crippen molar-refractivity contribution in [1.82, 2.24) is 9.78 Å². The van der Waals surface area contributed by atoms with Gasteiger partial charge in [-0.1, -0.05) is 11.6 Å². The number of rotatable bonds is 2. The van der Waals surface area contributed by atoms with Crippen molar-refractivity contribution in [2.75, 3.05) is 0 Å². The highest BCUT2D eigenvalue weighted by Crippen LogP contribution is 2.30. The van der Waals surface area contributed by atoms with Crippen molar-refractivity contribution in [1.29, 1.82) is 0 Å². The Kier molecular flexibility index (Phi) is 2.58. The monoisotopic (exact) mass is 228 g/mol. The third-order valence-corrected chi connectivity index (χ3v) is 3.22. The van der Waals surface area contributed by atoms with E-state index in [2.05, 4.69) is 5.10 Å². The van der Waals surface area contributed by atoms with Gasteiger partial charge in [-0.3, -0.25) is 4.68 Å². The number of nitrogens with zero attached hydrogens (tertiary/aromatic N) is 2. The second kappa shape index (κ2) is 3.73. The van der Waals surface area contributed by atoms with Gasteiger partial charge in [0.1, 0.15) is 5.69 Å². The van der Waals surface area contributed by atoms with Crippen LogP contribution in [0, 0.1) is 0 Å². The van der Waals surface area contributed by atoms with E-state index in [4.69, 9.17) is 16.7 Å². The normalized spacial score (nSPS) is 10.8. The lowest BCUT2D eigenvalue weighted by Crippen LogP contribution is -1.96. The second-order valence-corrected chi connectivity index (χ2v) is 4.62. The molecule has 0 aliphatic rings. The van der Waals surface area contributed by atoms with Gasteiger partial charge >= 0.3 is 0 Å². The van der Waals surface area contributed by atoms with E-state index in [0.717, 1.165) is 20.6 Å². The molecular formula is C9H9ClN2OS. The maximum atomic E-state index is 9.00. The van der Waals surface area contributed by atoms with Gasteiger partial charge in [0.15, 0.2) is 0 Å². The van der Waals surface area contributed by atoms with Gasteiger partial charge in [0, 0.05) is 7.05 Å². The molecule has 5 heteroatoms. The molecule has 0 fully saturated rings. The van der Waals surface area contributed by atoms with Crippen LogP contribution in [-0.2, 0) is 13.7 Å². The van der Waals surface area contributed by atoms with Gasteiger partial charge in [-0.2, -0.15) is 5.10 Å². The Morgan fingerprint density at radius 1 is 1.57 bits per heavy atom. The van der Waals surface area contributed by atoms with E-state index in [0.29, 0.717) is 0 Å². The minimum absolute atomic E-state index is 0.00259. The molecule has 0 bridgehead atoms. The fraction of sp³-hybridized carbons (Fsp3) is 0.222. The Morgan fingerprint density at radius 2 is 2.36 bits per heavy atom. The van der Waals surface area contributed by atoms with Gasteiger partial charge in [0.2, 0.25) is 0 Å². The maximum Gasteiger partial charge on any atom is 0.103 e. The summed E-state index contributed by atoms with van der Waals surface area (Å²) in [7, 11) is 1.81. The van der Waals surface area contributed by atoms with Gasteiger partial charge in [0.05, 0.1) is 21.5 Å². The highest BCUT2D eigenvalue weighted by molar-refractivity contribution is 7.19. The van der Waals surface area contributed by atoms with Crippen molar-refractivity contribution in [3.8, 4) is 10.6 Å². The van der Waals surface area contributed by atoms with Crippen LogP contribution in [-0.4, -0.2) is 14.9 Å². The topological polar surface area (TPSA) is 38.0 Å². The molecule has 0 amide bonds. The smallest absolute Gasteiger partial charge is 0.103 e. The summed E-state index contributed by atoms with van der Waals surface area (Å²) in [4.78, 5) is 1.02. The minimum Gasteiger partial charge on any atom is -0.390 e. The van der Waals surface area contributed by atoms with Crippen LogP contribution in [0.3, 0.4) is 0 Å². The lowest BCUT2D eigenvalue weighted by Gasteiger charge is -1.92. The van der Waals surface area contributed by atoms with Gasteiger partial charge in [-0.25, -0.2) is 0 Å². The fourth-order valence-electron chi connectivity index (χ4n) is 1.23. The largest absolute Gasteiger partial charge is 0.390 e. The highest BCUT2D eigenvalue weighted by atomic mass is 35.5. The molecule has 0 saturated heterocycles. The number of aryl methyl sites for hydroxylation is 1. The Balaban J connectivity index is 2.42. The zero-order valence-electron chi connectivity index (χ0n) is 7.57. The summed E-state index contributed by atoms with van der Waals surface area (Å²) in [6.07, 6.45) is 0. The number of aromatic nitrogens is 2. The number of hydrogen-bond donors (Lipinski definition) is 1. The van der Waals surface area contributed by atoms with Crippen LogP contribution < -0.4 is 0 Å². The molecule has 0 saturated carbocycles. The van der Waals surface area contributed by atoms with Crippen molar-refractivity contribution < 1.29 is 5.11 Å². The van der Waals surface area contributed by atoms with E-state index in [-0.39, 0.29) is 6.61 Å². The van der Waals surface area contributed by atoms with Crippen molar-refractivity contribution in [2.45, 2.75) is 6.61 Å². The first-order chi connectivity index (χ1) is 6.70. The lowest BCUT2D eigenvalue weighted by atomic mass is 10.3. The van der Waals surface area contributed by atoms with Gasteiger partial charge in [0.25, 0.3) is 0 Å². The summed E-state index contributed by atoms with van der Waals surface area (Å²) in [5.41, 5.74) is 1.65. The predicted octanol–water partition coefficient (Wildman–Crippen LogP) is 2.29. The first kappa shape index (κ1) is 9.71. The molecule has 0 spiro atoms. The fourth-order valence-corrected chi connectivity index (χ4v) is 2.23. The number of hydrogen-bond acceptors (Lipinski definition) is 3. The molecule has 2 aromatic heterocycles. The minimum atomic E-state index is 0.00259. The van der Waals surface area contributed by atoms with Crippen molar-refractivity contribution in [2.24, 2.45) is 7.05 Å².